The molecule has 1 heterocycles. The van der Waals surface area contributed by atoms with E-state index in [-0.39, 0.29) is 18.0 Å². The Morgan fingerprint density at radius 2 is 1.62 bits per heavy atom. The number of aromatic nitrogens is 1. The van der Waals surface area contributed by atoms with E-state index in [1.807, 2.05) is 18.2 Å². The number of benzene rings is 2. The van der Waals surface area contributed by atoms with Crippen LogP contribution in [0.2, 0.25) is 0 Å². The van der Waals surface area contributed by atoms with Crippen molar-refractivity contribution in [3.05, 3.63) is 82.7 Å². The first-order valence-corrected chi connectivity index (χ1v) is 8.16. The standard InChI is InChI=1S/C21H15NO4/c1-22-13(11-19(23)24)7-9-18(22)20(25)12-6-8-15-14-4-2-3-5-16(14)21(26)17(15)10-12/h2-10H,11H2,1H3,(H,23,24). The molecule has 1 aliphatic rings. The first-order valence-electron chi connectivity index (χ1n) is 8.16. The van der Waals surface area contributed by atoms with E-state index in [1.54, 1.807) is 48.0 Å². The summed E-state index contributed by atoms with van der Waals surface area (Å²) in [4.78, 5) is 36.4. The molecule has 4 rings (SSSR count). The molecule has 0 amide bonds. The number of ketones is 2. The summed E-state index contributed by atoms with van der Waals surface area (Å²) in [7, 11) is 1.67. The summed E-state index contributed by atoms with van der Waals surface area (Å²) in [5, 5.41) is 8.94. The van der Waals surface area contributed by atoms with Gasteiger partial charge >= 0.3 is 5.97 Å². The third-order valence-electron chi connectivity index (χ3n) is 4.78. The maximum absolute atomic E-state index is 12.9. The highest BCUT2D eigenvalue weighted by Gasteiger charge is 2.27. The molecule has 0 aliphatic heterocycles. The lowest BCUT2D eigenvalue weighted by Crippen LogP contribution is -2.12. The number of fused-ring (bicyclic) bond motifs is 3. The molecular formula is C21H15NO4. The maximum Gasteiger partial charge on any atom is 0.309 e. The molecule has 128 valence electrons. The lowest BCUT2D eigenvalue weighted by molar-refractivity contribution is -0.136. The van der Waals surface area contributed by atoms with Crippen molar-refractivity contribution in [2.75, 3.05) is 0 Å². The molecule has 0 fully saturated rings. The van der Waals surface area contributed by atoms with Gasteiger partial charge < -0.3 is 9.67 Å². The maximum atomic E-state index is 12.9. The van der Waals surface area contributed by atoms with E-state index in [2.05, 4.69) is 0 Å². The zero-order valence-electron chi connectivity index (χ0n) is 14.0. The fourth-order valence-electron chi connectivity index (χ4n) is 3.43. The molecule has 0 radical (unpaired) electrons. The number of nitrogens with zero attached hydrogens (tertiary/aromatic N) is 1. The second kappa shape index (κ2) is 5.81. The van der Waals surface area contributed by atoms with Gasteiger partial charge in [0.2, 0.25) is 5.78 Å². The molecule has 5 nitrogen and oxygen atoms in total. The van der Waals surface area contributed by atoms with Crippen LogP contribution in [0.5, 0.6) is 0 Å². The summed E-state index contributed by atoms with van der Waals surface area (Å²) in [6, 6.07) is 15.8. The van der Waals surface area contributed by atoms with Gasteiger partial charge in [-0.15, -0.1) is 0 Å². The highest BCUT2D eigenvalue weighted by atomic mass is 16.4. The van der Waals surface area contributed by atoms with Crippen molar-refractivity contribution in [2.45, 2.75) is 6.42 Å². The van der Waals surface area contributed by atoms with Crippen LogP contribution in [0.4, 0.5) is 0 Å². The van der Waals surface area contributed by atoms with E-state index >= 15 is 0 Å². The van der Waals surface area contributed by atoms with Crippen LogP contribution in [0.1, 0.15) is 37.7 Å². The summed E-state index contributed by atoms with van der Waals surface area (Å²) in [6.07, 6.45) is -0.151. The molecule has 2 aromatic carbocycles. The van der Waals surface area contributed by atoms with Crippen molar-refractivity contribution in [1.82, 2.24) is 4.57 Å². The van der Waals surface area contributed by atoms with Gasteiger partial charge in [0.05, 0.1) is 12.1 Å². The molecule has 1 N–H and O–H groups in total. The number of carboxylic acid groups (broad SMARTS) is 1. The van der Waals surface area contributed by atoms with Crippen LogP contribution in [0.15, 0.2) is 54.6 Å². The van der Waals surface area contributed by atoms with Crippen molar-refractivity contribution >= 4 is 17.5 Å². The van der Waals surface area contributed by atoms with Gasteiger partial charge in [-0.1, -0.05) is 36.4 Å². The molecule has 0 saturated heterocycles. The van der Waals surface area contributed by atoms with E-state index in [0.29, 0.717) is 28.1 Å². The molecule has 3 aromatic rings. The fourth-order valence-corrected chi connectivity index (χ4v) is 3.43. The molecule has 0 atom stereocenters. The second-order valence-corrected chi connectivity index (χ2v) is 6.30. The Kier molecular flexibility index (Phi) is 3.58. The Balaban J connectivity index is 1.73. The average Bonchev–Trinajstić information content (AvgIpc) is 3.13. The minimum Gasteiger partial charge on any atom is -0.481 e. The predicted molar refractivity (Wildman–Crippen MR) is 95.5 cm³/mol. The van der Waals surface area contributed by atoms with Crippen LogP contribution in [0, 0.1) is 0 Å². The lowest BCUT2D eigenvalue weighted by Gasteiger charge is -2.07. The molecule has 0 unspecified atom stereocenters. The lowest BCUT2D eigenvalue weighted by atomic mass is 10.0. The van der Waals surface area contributed by atoms with E-state index in [1.165, 1.54) is 0 Å². The van der Waals surface area contributed by atoms with Crippen molar-refractivity contribution in [3.63, 3.8) is 0 Å². The van der Waals surface area contributed by atoms with Gasteiger partial charge in [0.1, 0.15) is 0 Å². The molecule has 1 aromatic heterocycles. The molecular weight excluding hydrogens is 330 g/mol. The summed E-state index contributed by atoms with van der Waals surface area (Å²) in [5.74, 6) is -1.27. The van der Waals surface area contributed by atoms with E-state index < -0.39 is 5.97 Å². The number of carbonyl (C=O) groups is 3. The van der Waals surface area contributed by atoms with Gasteiger partial charge in [-0.05, 0) is 29.3 Å². The van der Waals surface area contributed by atoms with E-state index in [4.69, 9.17) is 5.11 Å². The third kappa shape index (κ3) is 2.37. The normalized spacial score (nSPS) is 12.0. The minimum absolute atomic E-state index is 0.0799. The third-order valence-corrected chi connectivity index (χ3v) is 4.78. The summed E-state index contributed by atoms with van der Waals surface area (Å²) >= 11 is 0. The molecule has 0 bridgehead atoms. The van der Waals surface area contributed by atoms with E-state index in [0.717, 1.165) is 11.1 Å². The van der Waals surface area contributed by atoms with Crippen molar-refractivity contribution in [2.24, 2.45) is 7.05 Å². The molecule has 5 heteroatoms. The SMILES string of the molecule is Cn1c(CC(=O)O)ccc1C(=O)c1ccc2c(c1)C(=O)c1ccccc1-2. The molecule has 26 heavy (non-hydrogen) atoms. The summed E-state index contributed by atoms with van der Waals surface area (Å²) in [5.41, 5.74) is 4.24. The predicted octanol–water partition coefficient (Wildman–Crippen LogP) is 3.09. The van der Waals surface area contributed by atoms with Crippen LogP contribution in [-0.4, -0.2) is 27.2 Å². The first-order chi connectivity index (χ1) is 12.5. The highest BCUT2D eigenvalue weighted by molar-refractivity contribution is 6.22. The Hall–Kier alpha value is -3.47. The van der Waals surface area contributed by atoms with Crippen LogP contribution in [-0.2, 0) is 18.3 Å². The zero-order chi connectivity index (χ0) is 18.4. The summed E-state index contributed by atoms with van der Waals surface area (Å²) in [6.45, 7) is 0. The van der Waals surface area contributed by atoms with Crippen LogP contribution < -0.4 is 0 Å². The highest BCUT2D eigenvalue weighted by Crippen LogP contribution is 2.37. The van der Waals surface area contributed by atoms with Gasteiger partial charge in [0.25, 0.3) is 0 Å². The first kappa shape index (κ1) is 16.0. The molecule has 0 spiro atoms. The van der Waals surface area contributed by atoms with Gasteiger partial charge in [0, 0.05) is 29.4 Å². The van der Waals surface area contributed by atoms with Crippen molar-refractivity contribution < 1.29 is 19.5 Å². The smallest absolute Gasteiger partial charge is 0.309 e. The zero-order valence-corrected chi connectivity index (χ0v) is 14.0. The Labute approximate surface area is 149 Å². The average molecular weight is 345 g/mol. The Morgan fingerprint density at radius 3 is 2.35 bits per heavy atom. The largest absolute Gasteiger partial charge is 0.481 e. The van der Waals surface area contributed by atoms with Crippen molar-refractivity contribution in [1.29, 1.82) is 0 Å². The number of aliphatic carboxylic acids is 1. The topological polar surface area (TPSA) is 76.4 Å². The number of hydrogen-bond donors (Lipinski definition) is 1. The van der Waals surface area contributed by atoms with E-state index in [9.17, 15) is 14.4 Å². The number of hydrogen-bond acceptors (Lipinski definition) is 3. The van der Waals surface area contributed by atoms with Crippen LogP contribution in [0.3, 0.4) is 0 Å². The molecule has 0 saturated carbocycles. The van der Waals surface area contributed by atoms with Crippen LogP contribution >= 0.6 is 0 Å². The minimum atomic E-state index is -0.953. The van der Waals surface area contributed by atoms with Gasteiger partial charge in [-0.25, -0.2) is 0 Å². The Bertz CT molecular complexity index is 1090. The fraction of sp³-hybridized carbons (Fsp3) is 0.0952. The van der Waals surface area contributed by atoms with Crippen LogP contribution in [0.25, 0.3) is 11.1 Å². The van der Waals surface area contributed by atoms with Gasteiger partial charge in [0.15, 0.2) is 5.78 Å². The molecule has 1 aliphatic carbocycles. The number of rotatable bonds is 4. The number of carboxylic acids is 1. The quantitative estimate of drug-likeness (QED) is 0.577. The second-order valence-electron chi connectivity index (χ2n) is 6.30. The van der Waals surface area contributed by atoms with Gasteiger partial charge in [-0.3, -0.25) is 14.4 Å². The monoisotopic (exact) mass is 345 g/mol. The summed E-state index contributed by atoms with van der Waals surface area (Å²) < 4.78 is 1.58. The number of carbonyl (C=O) groups excluding carboxylic acids is 2. The van der Waals surface area contributed by atoms with Crippen molar-refractivity contribution in [3.8, 4) is 11.1 Å². The Morgan fingerprint density at radius 1 is 0.923 bits per heavy atom. The van der Waals surface area contributed by atoms with Gasteiger partial charge in [-0.2, -0.15) is 0 Å².